The van der Waals surface area contributed by atoms with Gasteiger partial charge in [-0.3, -0.25) is 4.79 Å². The second kappa shape index (κ2) is 5.87. The molecule has 4 heteroatoms. The molecular formula is C24H26N2O2. The summed E-state index contributed by atoms with van der Waals surface area (Å²) in [5, 5.41) is 3.33. The van der Waals surface area contributed by atoms with E-state index >= 15 is 0 Å². The van der Waals surface area contributed by atoms with Crippen molar-refractivity contribution in [1.82, 2.24) is 5.32 Å². The van der Waals surface area contributed by atoms with Gasteiger partial charge in [-0.2, -0.15) is 0 Å². The van der Waals surface area contributed by atoms with E-state index in [1.54, 1.807) is 0 Å². The average Bonchev–Trinajstić information content (AvgIpc) is 3.13. The molecule has 0 radical (unpaired) electrons. The predicted octanol–water partition coefficient (Wildman–Crippen LogP) is 4.04. The number of carbonyl (C=O) groups excluding carboxylic acids is 1. The van der Waals surface area contributed by atoms with Gasteiger partial charge in [0.15, 0.2) is 0 Å². The van der Waals surface area contributed by atoms with Crippen molar-refractivity contribution in [2.75, 3.05) is 11.4 Å². The second-order valence-electron chi connectivity index (χ2n) is 8.69. The number of ether oxygens (including phenoxy) is 1. The van der Waals surface area contributed by atoms with E-state index in [1.165, 1.54) is 16.8 Å². The van der Waals surface area contributed by atoms with Gasteiger partial charge in [-0.15, -0.1) is 0 Å². The number of fused-ring (bicyclic) bond motifs is 4. The molecule has 0 aromatic heterocycles. The van der Waals surface area contributed by atoms with E-state index in [4.69, 9.17) is 4.74 Å². The van der Waals surface area contributed by atoms with Gasteiger partial charge in [0.1, 0.15) is 17.5 Å². The summed E-state index contributed by atoms with van der Waals surface area (Å²) in [7, 11) is 0. The van der Waals surface area contributed by atoms with Gasteiger partial charge < -0.3 is 15.0 Å². The molecule has 2 aromatic carbocycles. The van der Waals surface area contributed by atoms with E-state index in [-0.39, 0.29) is 17.4 Å². The fraction of sp³-hybridized carbons (Fsp3) is 0.375. The zero-order valence-corrected chi connectivity index (χ0v) is 16.7. The van der Waals surface area contributed by atoms with Crippen LogP contribution in [0, 0.1) is 0 Å². The van der Waals surface area contributed by atoms with Crippen LogP contribution in [0.1, 0.15) is 43.9 Å². The molecule has 1 amide bonds. The Hall–Kier alpha value is -2.75. The van der Waals surface area contributed by atoms with Crippen LogP contribution in [0.15, 0.2) is 48.5 Å². The maximum absolute atomic E-state index is 12.5. The molecule has 0 bridgehead atoms. The minimum atomic E-state index is -0.570. The van der Waals surface area contributed by atoms with E-state index < -0.39 is 5.66 Å². The van der Waals surface area contributed by atoms with Gasteiger partial charge >= 0.3 is 0 Å². The number of benzene rings is 2. The number of carbonyl (C=O) groups is 1. The molecule has 0 aliphatic carbocycles. The molecule has 0 saturated carbocycles. The van der Waals surface area contributed by atoms with Gasteiger partial charge in [0, 0.05) is 30.5 Å². The fourth-order valence-electron chi connectivity index (χ4n) is 5.06. The zero-order valence-electron chi connectivity index (χ0n) is 16.7. The first-order chi connectivity index (χ1) is 13.4. The standard InChI is InChI=1S/C24H26N2O2/c1-16-14-18-9-8-17(15-21(18)28-16)10-12-24-23(2,3)19-6-4-5-7-20(19)26(24)13-11-22(27)25-24/h4-10,12,15-16H,11,13-14H2,1-3H3,(H,25,27)/t16-,24-/m0/s1. The number of rotatable bonds is 2. The number of amides is 1. The van der Waals surface area contributed by atoms with Gasteiger partial charge in [-0.05, 0) is 41.8 Å². The van der Waals surface area contributed by atoms with Gasteiger partial charge in [0.05, 0.1) is 0 Å². The molecular weight excluding hydrogens is 348 g/mol. The zero-order chi connectivity index (χ0) is 19.5. The first kappa shape index (κ1) is 17.4. The number of hydrogen-bond acceptors (Lipinski definition) is 3. The van der Waals surface area contributed by atoms with Gasteiger partial charge in [0.25, 0.3) is 0 Å². The summed E-state index contributed by atoms with van der Waals surface area (Å²) in [6.07, 6.45) is 6.02. The first-order valence-electron chi connectivity index (χ1n) is 10.1. The van der Waals surface area contributed by atoms with Crippen LogP contribution in [-0.4, -0.2) is 24.2 Å². The number of anilines is 1. The Balaban J connectivity index is 1.58. The highest BCUT2D eigenvalue weighted by molar-refractivity contribution is 5.84. The molecule has 2 aromatic rings. The van der Waals surface area contributed by atoms with Gasteiger partial charge in [0.2, 0.25) is 5.91 Å². The molecule has 4 nitrogen and oxygen atoms in total. The minimum absolute atomic E-state index is 0.105. The van der Waals surface area contributed by atoms with Gasteiger partial charge in [-0.1, -0.05) is 50.3 Å². The SMILES string of the molecule is C[C@H]1Cc2ccc(C=C[C@]34NC(=O)CCN3c3ccccc3C4(C)C)cc2O1. The molecule has 1 saturated heterocycles. The van der Waals surface area contributed by atoms with Crippen molar-refractivity contribution in [3.63, 3.8) is 0 Å². The smallest absolute Gasteiger partial charge is 0.223 e. The normalized spacial score (nSPS) is 27.2. The molecule has 3 aliphatic rings. The second-order valence-corrected chi connectivity index (χ2v) is 8.69. The minimum Gasteiger partial charge on any atom is -0.490 e. The lowest BCUT2D eigenvalue weighted by Crippen LogP contribution is -2.68. The molecule has 28 heavy (non-hydrogen) atoms. The van der Waals surface area contributed by atoms with Crippen LogP contribution in [0.5, 0.6) is 5.75 Å². The van der Waals surface area contributed by atoms with E-state index in [0.29, 0.717) is 6.42 Å². The lowest BCUT2D eigenvalue weighted by Gasteiger charge is -2.49. The summed E-state index contributed by atoms with van der Waals surface area (Å²) >= 11 is 0. The summed E-state index contributed by atoms with van der Waals surface area (Å²) in [4.78, 5) is 14.8. The van der Waals surface area contributed by atoms with E-state index in [9.17, 15) is 4.79 Å². The molecule has 0 spiro atoms. The fourth-order valence-corrected chi connectivity index (χ4v) is 5.06. The Labute approximate surface area is 166 Å². The highest BCUT2D eigenvalue weighted by Gasteiger charge is 2.57. The molecule has 1 fully saturated rings. The summed E-state index contributed by atoms with van der Waals surface area (Å²) in [6, 6.07) is 14.9. The van der Waals surface area contributed by atoms with Crippen molar-refractivity contribution in [3.8, 4) is 5.75 Å². The van der Waals surface area contributed by atoms with Crippen molar-refractivity contribution in [2.24, 2.45) is 0 Å². The lowest BCUT2D eigenvalue weighted by molar-refractivity contribution is -0.124. The van der Waals surface area contributed by atoms with Crippen LogP contribution in [-0.2, 0) is 16.6 Å². The lowest BCUT2D eigenvalue weighted by atomic mass is 9.74. The quantitative estimate of drug-likeness (QED) is 0.863. The highest BCUT2D eigenvalue weighted by atomic mass is 16.5. The van der Waals surface area contributed by atoms with Gasteiger partial charge in [-0.25, -0.2) is 0 Å². The van der Waals surface area contributed by atoms with Crippen molar-refractivity contribution >= 4 is 17.7 Å². The summed E-state index contributed by atoms with van der Waals surface area (Å²) in [6.45, 7) is 7.26. The van der Waals surface area contributed by atoms with Crippen LogP contribution >= 0.6 is 0 Å². The van der Waals surface area contributed by atoms with Crippen LogP contribution in [0.4, 0.5) is 5.69 Å². The Bertz CT molecular complexity index is 994. The Morgan fingerprint density at radius 2 is 2.04 bits per heavy atom. The first-order valence-corrected chi connectivity index (χ1v) is 10.1. The molecule has 1 N–H and O–H groups in total. The average molecular weight is 374 g/mol. The van der Waals surface area contributed by atoms with Crippen molar-refractivity contribution in [2.45, 2.75) is 50.8 Å². The molecule has 3 heterocycles. The molecule has 144 valence electrons. The molecule has 2 atom stereocenters. The van der Waals surface area contributed by atoms with Crippen molar-refractivity contribution in [1.29, 1.82) is 0 Å². The Morgan fingerprint density at radius 1 is 1.21 bits per heavy atom. The predicted molar refractivity (Wildman–Crippen MR) is 112 cm³/mol. The number of para-hydroxylation sites is 1. The number of nitrogens with one attached hydrogen (secondary N) is 1. The molecule has 3 aliphatic heterocycles. The summed E-state index contributed by atoms with van der Waals surface area (Å²) < 4.78 is 5.92. The van der Waals surface area contributed by atoms with E-state index in [0.717, 1.165) is 24.3 Å². The largest absolute Gasteiger partial charge is 0.490 e. The number of nitrogens with zero attached hydrogens (tertiary/aromatic N) is 1. The third kappa shape index (κ3) is 2.33. The van der Waals surface area contributed by atoms with Crippen molar-refractivity contribution in [3.05, 3.63) is 65.2 Å². The topological polar surface area (TPSA) is 41.6 Å². The highest BCUT2D eigenvalue weighted by Crippen LogP contribution is 2.52. The van der Waals surface area contributed by atoms with Crippen LogP contribution in [0.3, 0.4) is 0 Å². The van der Waals surface area contributed by atoms with E-state index in [1.807, 2.05) is 0 Å². The van der Waals surface area contributed by atoms with Crippen LogP contribution < -0.4 is 15.0 Å². The Kier molecular flexibility index (Phi) is 3.64. The maximum Gasteiger partial charge on any atom is 0.223 e. The van der Waals surface area contributed by atoms with Crippen LogP contribution in [0.25, 0.3) is 6.08 Å². The summed E-state index contributed by atoms with van der Waals surface area (Å²) in [5.41, 5.74) is 4.02. The van der Waals surface area contributed by atoms with Crippen LogP contribution in [0.2, 0.25) is 0 Å². The number of hydrogen-bond donors (Lipinski definition) is 1. The molecule has 5 rings (SSSR count). The third-order valence-corrected chi connectivity index (χ3v) is 6.58. The van der Waals surface area contributed by atoms with E-state index in [2.05, 4.69) is 85.6 Å². The summed E-state index contributed by atoms with van der Waals surface area (Å²) in [5.74, 6) is 1.08. The third-order valence-electron chi connectivity index (χ3n) is 6.58. The Morgan fingerprint density at radius 3 is 2.89 bits per heavy atom. The molecule has 0 unspecified atom stereocenters. The van der Waals surface area contributed by atoms with Crippen molar-refractivity contribution < 1.29 is 9.53 Å². The maximum atomic E-state index is 12.5. The monoisotopic (exact) mass is 374 g/mol.